The van der Waals surface area contributed by atoms with E-state index in [1.54, 1.807) is 0 Å². The van der Waals surface area contributed by atoms with E-state index < -0.39 is 10.0 Å². The van der Waals surface area contributed by atoms with Gasteiger partial charge in [-0.05, 0) is 12.8 Å². The highest BCUT2D eigenvalue weighted by Crippen LogP contribution is 2.24. The molecule has 1 saturated carbocycles. The van der Waals surface area contributed by atoms with Gasteiger partial charge in [-0.1, -0.05) is 6.42 Å². The number of hydrogen-bond donors (Lipinski definition) is 2. The van der Waals surface area contributed by atoms with Gasteiger partial charge in [-0.3, -0.25) is 0 Å². The van der Waals surface area contributed by atoms with Crippen LogP contribution in [-0.4, -0.2) is 33.8 Å². The van der Waals surface area contributed by atoms with Gasteiger partial charge in [0.25, 0.3) is 0 Å². The van der Waals surface area contributed by atoms with Gasteiger partial charge in [-0.25, -0.2) is 13.1 Å². The second kappa shape index (κ2) is 5.45. The lowest BCUT2D eigenvalue weighted by atomic mass is 10.1. The van der Waals surface area contributed by atoms with Crippen molar-refractivity contribution in [2.75, 3.05) is 19.3 Å². The molecule has 0 bridgehead atoms. The minimum absolute atomic E-state index is 0.0863. The smallest absolute Gasteiger partial charge is 0.208 e. The van der Waals surface area contributed by atoms with E-state index in [2.05, 4.69) is 16.1 Å². The highest BCUT2D eigenvalue weighted by molar-refractivity contribution is 7.88. The van der Waals surface area contributed by atoms with E-state index in [1.165, 1.54) is 0 Å². The Morgan fingerprint density at radius 3 is 2.73 bits per heavy atom. The summed E-state index contributed by atoms with van der Waals surface area (Å²) in [6.45, 7) is 0.962. The third-order valence-corrected chi connectivity index (χ3v) is 3.31. The zero-order chi connectivity index (χ0) is 11.3. The number of sulfonamides is 1. The Balaban J connectivity index is 2.18. The molecule has 6 heteroatoms. The van der Waals surface area contributed by atoms with Gasteiger partial charge in [0.1, 0.15) is 0 Å². The summed E-state index contributed by atoms with van der Waals surface area (Å²) in [6, 6.07) is 2.50. The van der Waals surface area contributed by atoms with Crippen molar-refractivity contribution in [2.45, 2.75) is 25.3 Å². The van der Waals surface area contributed by atoms with Gasteiger partial charge < -0.3 is 5.32 Å². The van der Waals surface area contributed by atoms with Crippen LogP contribution < -0.4 is 10.0 Å². The fraction of sp³-hybridized carbons (Fsp3) is 0.889. The molecule has 0 amide bonds. The molecule has 0 aromatic carbocycles. The molecule has 2 atom stereocenters. The Labute approximate surface area is 90.9 Å². The van der Waals surface area contributed by atoms with Crippen molar-refractivity contribution in [1.82, 2.24) is 10.0 Å². The lowest BCUT2D eigenvalue weighted by Gasteiger charge is -2.15. The fourth-order valence-electron chi connectivity index (χ4n) is 1.85. The predicted octanol–water partition coefficient (Wildman–Crippen LogP) is -0.183. The SMILES string of the molecule is CS(=O)(=O)NCCNC1CCCC1C#N. The lowest BCUT2D eigenvalue weighted by Crippen LogP contribution is -2.38. The molecule has 2 unspecified atom stereocenters. The van der Waals surface area contributed by atoms with Crippen molar-refractivity contribution in [2.24, 2.45) is 5.92 Å². The van der Waals surface area contributed by atoms with E-state index in [-0.39, 0.29) is 12.0 Å². The average molecular weight is 231 g/mol. The predicted molar refractivity (Wildman–Crippen MR) is 57.6 cm³/mol. The largest absolute Gasteiger partial charge is 0.311 e. The molecule has 5 nitrogen and oxygen atoms in total. The van der Waals surface area contributed by atoms with Crippen molar-refractivity contribution in [3.8, 4) is 6.07 Å². The first kappa shape index (κ1) is 12.4. The standard InChI is InChI=1S/C9H17N3O2S/c1-15(13,14)12-6-5-11-9-4-2-3-8(9)7-10/h8-9,11-12H,2-6H2,1H3. The van der Waals surface area contributed by atoms with E-state index in [4.69, 9.17) is 5.26 Å². The Hall–Kier alpha value is -0.640. The number of nitriles is 1. The van der Waals surface area contributed by atoms with Gasteiger partial charge in [0.2, 0.25) is 10.0 Å². The Morgan fingerprint density at radius 1 is 1.40 bits per heavy atom. The molecule has 0 heterocycles. The average Bonchev–Trinajstić information content (AvgIpc) is 2.58. The molecule has 0 aromatic rings. The maximum Gasteiger partial charge on any atom is 0.208 e. The summed E-state index contributed by atoms with van der Waals surface area (Å²) >= 11 is 0. The Bertz CT molecular complexity index is 334. The first-order valence-corrected chi connectivity index (χ1v) is 7.00. The molecule has 1 aliphatic rings. The summed E-state index contributed by atoms with van der Waals surface area (Å²) in [5.41, 5.74) is 0. The van der Waals surface area contributed by atoms with E-state index in [9.17, 15) is 8.42 Å². The molecule has 0 saturated heterocycles. The van der Waals surface area contributed by atoms with E-state index in [0.29, 0.717) is 13.1 Å². The van der Waals surface area contributed by atoms with Crippen molar-refractivity contribution < 1.29 is 8.42 Å². The zero-order valence-electron chi connectivity index (χ0n) is 8.86. The second-order valence-corrected chi connectivity index (χ2v) is 5.73. The summed E-state index contributed by atoms with van der Waals surface area (Å²) in [5, 5.41) is 12.0. The molecule has 15 heavy (non-hydrogen) atoms. The van der Waals surface area contributed by atoms with Crippen LogP contribution in [0.5, 0.6) is 0 Å². The first-order chi connectivity index (χ1) is 7.03. The van der Waals surface area contributed by atoms with Crippen molar-refractivity contribution in [3.05, 3.63) is 0 Å². The van der Waals surface area contributed by atoms with Gasteiger partial charge in [-0.2, -0.15) is 5.26 Å². The van der Waals surface area contributed by atoms with Crippen molar-refractivity contribution >= 4 is 10.0 Å². The topological polar surface area (TPSA) is 82.0 Å². The lowest BCUT2D eigenvalue weighted by molar-refractivity contribution is 0.467. The molecule has 86 valence electrons. The molecular weight excluding hydrogens is 214 g/mol. The Kier molecular flexibility index (Phi) is 4.51. The second-order valence-electron chi connectivity index (χ2n) is 3.89. The fourth-order valence-corrected chi connectivity index (χ4v) is 2.33. The molecule has 2 N–H and O–H groups in total. The van der Waals surface area contributed by atoms with Crippen LogP contribution in [0.15, 0.2) is 0 Å². The third kappa shape index (κ3) is 4.60. The highest BCUT2D eigenvalue weighted by atomic mass is 32.2. The van der Waals surface area contributed by atoms with Gasteiger partial charge in [0.15, 0.2) is 0 Å². The normalized spacial score (nSPS) is 26.4. The van der Waals surface area contributed by atoms with E-state index >= 15 is 0 Å². The van der Waals surface area contributed by atoms with Crippen LogP contribution in [0.3, 0.4) is 0 Å². The van der Waals surface area contributed by atoms with Crippen LogP contribution in [0.1, 0.15) is 19.3 Å². The van der Waals surface area contributed by atoms with Crippen molar-refractivity contribution in [1.29, 1.82) is 5.26 Å². The number of hydrogen-bond acceptors (Lipinski definition) is 4. The van der Waals surface area contributed by atoms with Gasteiger partial charge >= 0.3 is 0 Å². The first-order valence-electron chi connectivity index (χ1n) is 5.10. The summed E-state index contributed by atoms with van der Waals surface area (Å²) in [7, 11) is -3.09. The summed E-state index contributed by atoms with van der Waals surface area (Å²) in [4.78, 5) is 0. The van der Waals surface area contributed by atoms with Crippen molar-refractivity contribution in [3.63, 3.8) is 0 Å². The van der Waals surface area contributed by atoms with Crippen LogP contribution in [0.4, 0.5) is 0 Å². The number of rotatable bonds is 5. The van der Waals surface area contributed by atoms with Crippen LogP contribution in [0, 0.1) is 17.2 Å². The van der Waals surface area contributed by atoms with Gasteiger partial charge in [-0.15, -0.1) is 0 Å². The third-order valence-electron chi connectivity index (χ3n) is 2.58. The maximum atomic E-state index is 10.8. The molecular formula is C9H17N3O2S. The van der Waals surface area contributed by atoms with Crippen LogP contribution in [0.25, 0.3) is 0 Å². The zero-order valence-corrected chi connectivity index (χ0v) is 9.68. The van der Waals surface area contributed by atoms with Crippen LogP contribution in [0.2, 0.25) is 0 Å². The monoisotopic (exact) mass is 231 g/mol. The molecule has 1 fully saturated rings. The summed E-state index contributed by atoms with van der Waals surface area (Å²) in [6.07, 6.45) is 4.18. The van der Waals surface area contributed by atoms with Gasteiger partial charge in [0, 0.05) is 19.1 Å². The Morgan fingerprint density at radius 2 is 2.13 bits per heavy atom. The molecule has 1 rings (SSSR count). The summed E-state index contributed by atoms with van der Waals surface area (Å²) < 4.78 is 23.9. The van der Waals surface area contributed by atoms with Crippen LogP contribution in [-0.2, 0) is 10.0 Å². The minimum Gasteiger partial charge on any atom is -0.311 e. The summed E-state index contributed by atoms with van der Waals surface area (Å²) in [5.74, 6) is 0.0863. The quantitative estimate of drug-likeness (QED) is 0.643. The van der Waals surface area contributed by atoms with Crippen LogP contribution >= 0.6 is 0 Å². The highest BCUT2D eigenvalue weighted by Gasteiger charge is 2.26. The molecule has 0 aliphatic heterocycles. The van der Waals surface area contributed by atoms with E-state index in [1.807, 2.05) is 0 Å². The number of nitrogens with zero attached hydrogens (tertiary/aromatic N) is 1. The number of nitrogens with one attached hydrogen (secondary N) is 2. The van der Waals surface area contributed by atoms with E-state index in [0.717, 1.165) is 25.5 Å². The maximum absolute atomic E-state index is 10.8. The minimum atomic E-state index is -3.09. The van der Waals surface area contributed by atoms with Gasteiger partial charge in [0.05, 0.1) is 18.2 Å². The molecule has 1 aliphatic carbocycles. The molecule has 0 aromatic heterocycles. The molecule has 0 radical (unpaired) electrons. The molecule has 0 spiro atoms.